The Morgan fingerprint density at radius 1 is 0.926 bits per heavy atom. The molecule has 27 heavy (non-hydrogen) atoms. The van der Waals surface area contributed by atoms with Gasteiger partial charge in [-0.3, -0.25) is 4.79 Å². The van der Waals surface area contributed by atoms with Crippen molar-refractivity contribution in [3.05, 3.63) is 36.2 Å². The standard InChI is InChI=1S/C21H30N4O2/c1-19(2,3)18(26)20(4,5)12-13-27-21(6,7)16-10-8-15(9-11-16)17-24-22-14-23-25-17/h8-11,14H,12-13H2,1-7H3. The molecule has 6 heteroatoms. The normalized spacial score (nSPS) is 12.9. The van der Waals surface area contributed by atoms with Crippen molar-refractivity contribution in [2.75, 3.05) is 6.61 Å². The highest BCUT2D eigenvalue weighted by molar-refractivity contribution is 5.88. The van der Waals surface area contributed by atoms with E-state index in [1.54, 1.807) is 0 Å². The summed E-state index contributed by atoms with van der Waals surface area (Å²) in [6.07, 6.45) is 1.99. The third kappa shape index (κ3) is 5.39. The van der Waals surface area contributed by atoms with E-state index < -0.39 is 11.0 Å². The summed E-state index contributed by atoms with van der Waals surface area (Å²) in [6.45, 7) is 14.5. The molecule has 1 aromatic heterocycles. The average molecular weight is 370 g/mol. The molecule has 0 N–H and O–H groups in total. The van der Waals surface area contributed by atoms with Crippen LogP contribution in [0.15, 0.2) is 30.6 Å². The second-order valence-corrected chi connectivity index (χ2v) is 9.02. The van der Waals surface area contributed by atoms with Gasteiger partial charge in [-0.05, 0) is 25.8 Å². The Balaban J connectivity index is 2.01. The molecular weight excluding hydrogens is 340 g/mol. The Hall–Kier alpha value is -2.21. The van der Waals surface area contributed by atoms with Gasteiger partial charge in [-0.15, -0.1) is 20.4 Å². The molecule has 0 radical (unpaired) electrons. The minimum absolute atomic E-state index is 0.255. The fourth-order valence-corrected chi connectivity index (χ4v) is 3.11. The number of hydrogen-bond acceptors (Lipinski definition) is 6. The summed E-state index contributed by atoms with van der Waals surface area (Å²) in [6, 6.07) is 7.87. The van der Waals surface area contributed by atoms with Crippen LogP contribution in [0, 0.1) is 10.8 Å². The first-order valence-electron chi connectivity index (χ1n) is 9.24. The van der Waals surface area contributed by atoms with Gasteiger partial charge >= 0.3 is 0 Å². The van der Waals surface area contributed by atoms with Crippen LogP contribution in [0.25, 0.3) is 11.4 Å². The van der Waals surface area contributed by atoms with Gasteiger partial charge < -0.3 is 4.74 Å². The molecule has 0 bridgehead atoms. The molecule has 0 saturated heterocycles. The van der Waals surface area contributed by atoms with Crippen molar-refractivity contribution in [2.45, 2.75) is 60.5 Å². The Morgan fingerprint density at radius 3 is 2.00 bits per heavy atom. The highest BCUT2D eigenvalue weighted by Crippen LogP contribution is 2.33. The molecule has 0 atom stereocenters. The summed E-state index contributed by atoms with van der Waals surface area (Å²) < 4.78 is 6.15. The summed E-state index contributed by atoms with van der Waals surface area (Å²) in [4.78, 5) is 12.6. The van der Waals surface area contributed by atoms with Crippen molar-refractivity contribution >= 4 is 5.78 Å². The van der Waals surface area contributed by atoms with E-state index in [9.17, 15) is 4.79 Å². The van der Waals surface area contributed by atoms with E-state index in [0.717, 1.165) is 11.1 Å². The lowest BCUT2D eigenvalue weighted by Crippen LogP contribution is -2.36. The van der Waals surface area contributed by atoms with E-state index in [2.05, 4.69) is 20.4 Å². The van der Waals surface area contributed by atoms with Crippen molar-refractivity contribution in [2.24, 2.45) is 10.8 Å². The van der Waals surface area contributed by atoms with E-state index in [-0.39, 0.29) is 11.2 Å². The quantitative estimate of drug-likeness (QED) is 0.726. The van der Waals surface area contributed by atoms with E-state index in [4.69, 9.17) is 4.74 Å². The van der Waals surface area contributed by atoms with Crippen LogP contribution in [-0.2, 0) is 15.1 Å². The molecule has 1 heterocycles. The van der Waals surface area contributed by atoms with Crippen LogP contribution in [0.3, 0.4) is 0 Å². The molecule has 2 aromatic rings. The predicted molar refractivity (Wildman–Crippen MR) is 105 cm³/mol. The molecule has 0 fully saturated rings. The van der Waals surface area contributed by atoms with Gasteiger partial charge in [-0.2, -0.15) is 0 Å². The van der Waals surface area contributed by atoms with Crippen LogP contribution in [0.2, 0.25) is 0 Å². The van der Waals surface area contributed by atoms with E-state index in [1.165, 1.54) is 6.33 Å². The van der Waals surface area contributed by atoms with Crippen molar-refractivity contribution in [3.8, 4) is 11.4 Å². The third-order valence-electron chi connectivity index (χ3n) is 4.73. The first-order chi connectivity index (χ1) is 12.4. The van der Waals surface area contributed by atoms with Crippen LogP contribution in [0.4, 0.5) is 0 Å². The number of carbonyl (C=O) groups excluding carboxylic acids is 1. The van der Waals surface area contributed by atoms with Gasteiger partial charge in [0, 0.05) is 23.0 Å². The number of benzene rings is 1. The Labute approximate surface area is 161 Å². The second-order valence-electron chi connectivity index (χ2n) is 9.02. The average Bonchev–Trinajstić information content (AvgIpc) is 2.61. The maximum absolute atomic E-state index is 12.6. The van der Waals surface area contributed by atoms with Gasteiger partial charge in [0.05, 0.1) is 5.60 Å². The molecule has 0 unspecified atom stereocenters. The zero-order valence-electron chi connectivity index (χ0n) is 17.4. The first kappa shape index (κ1) is 21.1. The summed E-state index contributed by atoms with van der Waals surface area (Å²) in [5.74, 6) is 0.746. The molecule has 6 nitrogen and oxygen atoms in total. The van der Waals surface area contributed by atoms with Gasteiger partial charge in [-0.1, -0.05) is 58.9 Å². The number of nitrogens with zero attached hydrogens (tertiary/aromatic N) is 4. The summed E-state index contributed by atoms with van der Waals surface area (Å²) in [5.41, 5.74) is 0.670. The van der Waals surface area contributed by atoms with Gasteiger partial charge in [0.25, 0.3) is 0 Å². The van der Waals surface area contributed by atoms with Crippen LogP contribution < -0.4 is 0 Å². The largest absolute Gasteiger partial charge is 0.371 e. The lowest BCUT2D eigenvalue weighted by molar-refractivity contribution is -0.137. The number of carbonyl (C=O) groups is 1. The zero-order chi connectivity index (χ0) is 20.3. The lowest BCUT2D eigenvalue weighted by atomic mass is 9.73. The van der Waals surface area contributed by atoms with Crippen molar-refractivity contribution in [3.63, 3.8) is 0 Å². The predicted octanol–water partition coefficient (Wildman–Crippen LogP) is 4.22. The molecule has 0 aliphatic rings. The monoisotopic (exact) mass is 370 g/mol. The van der Waals surface area contributed by atoms with E-state index >= 15 is 0 Å². The summed E-state index contributed by atoms with van der Waals surface area (Å²) >= 11 is 0. The number of ketones is 1. The molecule has 0 amide bonds. The van der Waals surface area contributed by atoms with E-state index in [0.29, 0.717) is 18.9 Å². The summed E-state index contributed by atoms with van der Waals surface area (Å²) in [7, 11) is 0. The molecule has 2 rings (SSSR count). The van der Waals surface area contributed by atoms with Crippen molar-refractivity contribution in [1.82, 2.24) is 20.4 Å². The molecular formula is C21H30N4O2. The van der Waals surface area contributed by atoms with Crippen LogP contribution in [0.1, 0.15) is 60.5 Å². The maximum Gasteiger partial charge on any atom is 0.203 e. The SMILES string of the molecule is CC(C)(C)C(=O)C(C)(C)CCOC(C)(C)c1ccc(-c2nncnn2)cc1. The number of Topliss-reactive ketones (excluding diaryl/α,β-unsaturated/α-hetero) is 1. The van der Waals surface area contributed by atoms with Crippen molar-refractivity contribution in [1.29, 1.82) is 0 Å². The van der Waals surface area contributed by atoms with Crippen LogP contribution in [0.5, 0.6) is 0 Å². The van der Waals surface area contributed by atoms with E-state index in [1.807, 2.05) is 72.7 Å². The van der Waals surface area contributed by atoms with Crippen LogP contribution >= 0.6 is 0 Å². The molecule has 1 aromatic carbocycles. The smallest absolute Gasteiger partial charge is 0.203 e. The van der Waals surface area contributed by atoms with Gasteiger partial charge in [0.2, 0.25) is 5.82 Å². The molecule has 0 aliphatic heterocycles. The first-order valence-corrected chi connectivity index (χ1v) is 9.24. The fourth-order valence-electron chi connectivity index (χ4n) is 3.11. The number of hydrogen-bond donors (Lipinski definition) is 0. The zero-order valence-corrected chi connectivity index (χ0v) is 17.4. The topological polar surface area (TPSA) is 77.9 Å². The van der Waals surface area contributed by atoms with Gasteiger partial charge in [-0.25, -0.2) is 0 Å². The second kappa shape index (κ2) is 7.80. The lowest BCUT2D eigenvalue weighted by Gasteiger charge is -2.32. The highest BCUT2D eigenvalue weighted by Gasteiger charge is 2.36. The Bertz CT molecular complexity index is 763. The van der Waals surface area contributed by atoms with Crippen LogP contribution in [-0.4, -0.2) is 32.8 Å². The third-order valence-corrected chi connectivity index (χ3v) is 4.73. The molecule has 0 saturated carbocycles. The Kier molecular flexibility index (Phi) is 6.10. The van der Waals surface area contributed by atoms with Gasteiger partial charge in [0.15, 0.2) is 6.33 Å². The minimum Gasteiger partial charge on any atom is -0.371 e. The molecule has 0 spiro atoms. The number of rotatable bonds is 7. The maximum atomic E-state index is 12.6. The fraction of sp³-hybridized carbons (Fsp3) is 0.571. The number of aromatic nitrogens is 4. The molecule has 0 aliphatic carbocycles. The summed E-state index contributed by atoms with van der Waals surface area (Å²) in [5, 5.41) is 15.4. The highest BCUT2D eigenvalue weighted by atomic mass is 16.5. The minimum atomic E-state index is -0.465. The van der Waals surface area contributed by atoms with Gasteiger partial charge in [0.1, 0.15) is 5.78 Å². The molecule has 146 valence electrons. The number of ether oxygens (including phenoxy) is 1. The van der Waals surface area contributed by atoms with Crippen molar-refractivity contribution < 1.29 is 9.53 Å². The Morgan fingerprint density at radius 2 is 1.48 bits per heavy atom.